The number of benzene rings is 1. The van der Waals surface area contributed by atoms with Crippen molar-refractivity contribution in [1.29, 1.82) is 0 Å². The minimum absolute atomic E-state index is 0.292. The van der Waals surface area contributed by atoms with Crippen molar-refractivity contribution in [2.75, 3.05) is 5.32 Å². The molecule has 2 rings (SSSR count). The summed E-state index contributed by atoms with van der Waals surface area (Å²) in [6, 6.07) is 4.45. The number of halogens is 2. The van der Waals surface area contributed by atoms with Gasteiger partial charge < -0.3 is 5.32 Å². The highest BCUT2D eigenvalue weighted by Gasteiger charge is 2.08. The minimum Gasteiger partial charge on any atom is -0.379 e. The first-order chi connectivity index (χ1) is 9.81. The SMILES string of the molecule is Cc1cc(F)c(Br)cc1NCc1cc(=O)n(C)c(=O)n1C. The smallest absolute Gasteiger partial charge is 0.330 e. The second kappa shape index (κ2) is 5.85. The molecule has 2 aromatic rings. The van der Waals surface area contributed by atoms with Gasteiger partial charge in [-0.25, -0.2) is 9.18 Å². The van der Waals surface area contributed by atoms with Crippen molar-refractivity contribution in [3.63, 3.8) is 0 Å². The van der Waals surface area contributed by atoms with Gasteiger partial charge in [-0.15, -0.1) is 0 Å². The minimum atomic E-state index is -0.378. The summed E-state index contributed by atoms with van der Waals surface area (Å²) < 4.78 is 16.2. The maximum atomic E-state index is 13.4. The number of hydrogen-bond donors (Lipinski definition) is 1. The van der Waals surface area contributed by atoms with Gasteiger partial charge in [0.15, 0.2) is 0 Å². The number of hydrogen-bond acceptors (Lipinski definition) is 3. The second-order valence-corrected chi connectivity index (χ2v) is 5.66. The van der Waals surface area contributed by atoms with Crippen molar-refractivity contribution in [1.82, 2.24) is 9.13 Å². The normalized spacial score (nSPS) is 10.7. The monoisotopic (exact) mass is 355 g/mol. The molecular formula is C14H15BrFN3O2. The molecule has 0 atom stereocenters. The maximum absolute atomic E-state index is 13.4. The van der Waals surface area contributed by atoms with Gasteiger partial charge in [0, 0.05) is 31.5 Å². The molecule has 0 bridgehead atoms. The lowest BCUT2D eigenvalue weighted by Gasteiger charge is -2.13. The molecule has 0 saturated heterocycles. The Kier molecular flexibility index (Phi) is 4.32. The molecule has 5 nitrogen and oxygen atoms in total. The van der Waals surface area contributed by atoms with E-state index in [2.05, 4.69) is 21.2 Å². The summed E-state index contributed by atoms with van der Waals surface area (Å²) in [7, 11) is 3.04. The van der Waals surface area contributed by atoms with Crippen molar-refractivity contribution in [3.05, 3.63) is 60.6 Å². The molecule has 0 unspecified atom stereocenters. The fourth-order valence-corrected chi connectivity index (χ4v) is 2.31. The van der Waals surface area contributed by atoms with Crippen LogP contribution in [0, 0.1) is 12.7 Å². The van der Waals surface area contributed by atoms with E-state index in [1.807, 2.05) is 0 Å². The molecule has 1 aromatic heterocycles. The summed E-state index contributed by atoms with van der Waals surface area (Å²) >= 11 is 3.13. The van der Waals surface area contributed by atoms with Gasteiger partial charge in [0.2, 0.25) is 0 Å². The molecule has 1 N–H and O–H groups in total. The van der Waals surface area contributed by atoms with Gasteiger partial charge in [-0.3, -0.25) is 13.9 Å². The van der Waals surface area contributed by atoms with Gasteiger partial charge in [0.1, 0.15) is 5.82 Å². The second-order valence-electron chi connectivity index (χ2n) is 4.81. The predicted molar refractivity (Wildman–Crippen MR) is 83.1 cm³/mol. The molecule has 21 heavy (non-hydrogen) atoms. The molecule has 0 spiro atoms. The fraction of sp³-hybridized carbons (Fsp3) is 0.286. The number of aryl methyl sites for hydroxylation is 1. The zero-order chi connectivity index (χ0) is 15.7. The zero-order valence-corrected chi connectivity index (χ0v) is 13.5. The van der Waals surface area contributed by atoms with Gasteiger partial charge in [-0.1, -0.05) is 0 Å². The summed E-state index contributed by atoms with van der Waals surface area (Å²) in [4.78, 5) is 23.5. The molecule has 1 aromatic carbocycles. The van der Waals surface area contributed by atoms with Crippen LogP contribution in [0.1, 0.15) is 11.3 Å². The average molecular weight is 356 g/mol. The molecule has 0 aliphatic carbocycles. The molecule has 7 heteroatoms. The molecule has 1 heterocycles. The third-order valence-corrected chi connectivity index (χ3v) is 3.96. The third kappa shape index (κ3) is 3.07. The van der Waals surface area contributed by atoms with Gasteiger partial charge >= 0.3 is 5.69 Å². The Morgan fingerprint density at radius 1 is 1.19 bits per heavy atom. The van der Waals surface area contributed by atoms with Crippen molar-refractivity contribution >= 4 is 21.6 Å². The Labute approximate surface area is 129 Å². The zero-order valence-electron chi connectivity index (χ0n) is 11.9. The fourth-order valence-electron chi connectivity index (χ4n) is 1.97. The first-order valence-electron chi connectivity index (χ1n) is 6.26. The number of anilines is 1. The standard InChI is InChI=1S/C14H15BrFN3O2/c1-8-4-11(16)10(15)6-12(8)17-7-9-5-13(20)19(3)14(21)18(9)2/h4-6,17H,7H2,1-3H3. The van der Waals surface area contributed by atoms with Gasteiger partial charge in [-0.2, -0.15) is 0 Å². The van der Waals surface area contributed by atoms with E-state index < -0.39 is 0 Å². The molecule has 0 amide bonds. The van der Waals surface area contributed by atoms with Crippen LogP contribution >= 0.6 is 15.9 Å². The van der Waals surface area contributed by atoms with E-state index in [0.29, 0.717) is 16.7 Å². The van der Waals surface area contributed by atoms with Crippen LogP contribution in [-0.4, -0.2) is 9.13 Å². The van der Waals surface area contributed by atoms with Crippen LogP contribution in [0.25, 0.3) is 0 Å². The lowest BCUT2D eigenvalue weighted by molar-refractivity contribution is 0.620. The first-order valence-corrected chi connectivity index (χ1v) is 7.06. The van der Waals surface area contributed by atoms with E-state index in [4.69, 9.17) is 0 Å². The van der Waals surface area contributed by atoms with Crippen LogP contribution in [0.15, 0.2) is 32.3 Å². The Balaban J connectivity index is 2.31. The lowest BCUT2D eigenvalue weighted by Crippen LogP contribution is -2.38. The first kappa shape index (κ1) is 15.5. The predicted octanol–water partition coefficient (Wildman–Crippen LogP) is 1.91. The quantitative estimate of drug-likeness (QED) is 0.914. The van der Waals surface area contributed by atoms with E-state index in [1.165, 1.54) is 23.7 Å². The Bertz CT molecular complexity index is 811. The molecule has 0 saturated carbocycles. The molecule has 0 aliphatic heterocycles. The van der Waals surface area contributed by atoms with Crippen LogP contribution in [0.4, 0.5) is 10.1 Å². The summed E-state index contributed by atoms with van der Waals surface area (Å²) in [5, 5.41) is 3.11. The van der Waals surface area contributed by atoms with Gasteiger partial charge in [-0.05, 0) is 40.5 Å². The van der Waals surface area contributed by atoms with Gasteiger partial charge in [0.05, 0.1) is 11.0 Å². The number of nitrogens with one attached hydrogen (secondary N) is 1. The molecule has 0 aliphatic rings. The lowest BCUT2D eigenvalue weighted by atomic mass is 10.2. The van der Waals surface area contributed by atoms with Crippen molar-refractivity contribution in [2.24, 2.45) is 14.1 Å². The summed E-state index contributed by atoms with van der Waals surface area (Å²) in [6.07, 6.45) is 0. The van der Waals surface area contributed by atoms with Gasteiger partial charge in [0.25, 0.3) is 5.56 Å². The molecular weight excluding hydrogens is 341 g/mol. The Morgan fingerprint density at radius 3 is 2.52 bits per heavy atom. The van der Waals surface area contributed by atoms with E-state index >= 15 is 0 Å². The summed E-state index contributed by atoms with van der Waals surface area (Å²) in [5.41, 5.74) is 1.30. The highest BCUT2D eigenvalue weighted by molar-refractivity contribution is 9.10. The number of aromatic nitrogens is 2. The maximum Gasteiger partial charge on any atom is 0.330 e. The van der Waals surface area contributed by atoms with E-state index in [-0.39, 0.29) is 17.1 Å². The van der Waals surface area contributed by atoms with Crippen LogP contribution in [-0.2, 0) is 20.6 Å². The third-order valence-electron chi connectivity index (χ3n) is 3.35. The summed E-state index contributed by atoms with van der Waals surface area (Å²) in [5.74, 6) is -0.334. The average Bonchev–Trinajstić information content (AvgIpc) is 2.44. The van der Waals surface area contributed by atoms with Crippen LogP contribution in [0.5, 0.6) is 0 Å². The van der Waals surface area contributed by atoms with Crippen molar-refractivity contribution in [3.8, 4) is 0 Å². The van der Waals surface area contributed by atoms with E-state index in [0.717, 1.165) is 15.8 Å². The Hall–Kier alpha value is -1.89. The summed E-state index contributed by atoms with van der Waals surface area (Å²) in [6.45, 7) is 2.07. The van der Waals surface area contributed by atoms with Crippen LogP contribution < -0.4 is 16.6 Å². The Morgan fingerprint density at radius 2 is 1.86 bits per heavy atom. The van der Waals surface area contributed by atoms with Crippen LogP contribution in [0.2, 0.25) is 0 Å². The molecule has 112 valence electrons. The largest absolute Gasteiger partial charge is 0.379 e. The van der Waals surface area contributed by atoms with E-state index in [1.54, 1.807) is 20.0 Å². The van der Waals surface area contributed by atoms with Crippen molar-refractivity contribution < 1.29 is 4.39 Å². The highest BCUT2D eigenvalue weighted by Crippen LogP contribution is 2.24. The molecule has 0 fully saturated rings. The number of rotatable bonds is 3. The van der Waals surface area contributed by atoms with E-state index in [9.17, 15) is 14.0 Å². The molecule has 0 radical (unpaired) electrons. The van der Waals surface area contributed by atoms with Crippen LogP contribution in [0.3, 0.4) is 0 Å². The highest BCUT2D eigenvalue weighted by atomic mass is 79.9. The number of nitrogens with zero attached hydrogens (tertiary/aromatic N) is 2. The topological polar surface area (TPSA) is 56.0 Å². The van der Waals surface area contributed by atoms with Crippen molar-refractivity contribution in [2.45, 2.75) is 13.5 Å².